The molecular weight excluding hydrogens is 524 g/mol. The van der Waals surface area contributed by atoms with Crippen molar-refractivity contribution in [2.45, 2.75) is 25.7 Å². The molecule has 0 aliphatic carbocycles. The molecule has 0 unspecified atom stereocenters. The van der Waals surface area contributed by atoms with Crippen molar-refractivity contribution in [2.75, 3.05) is 7.11 Å². The van der Waals surface area contributed by atoms with Crippen LogP contribution in [0.4, 0.5) is 13.2 Å². The third kappa shape index (κ3) is 5.06. The number of carbonyl (C=O) groups excluding carboxylic acids is 1. The van der Waals surface area contributed by atoms with E-state index in [9.17, 15) is 18.0 Å². The molecule has 3 heterocycles. The lowest BCUT2D eigenvalue weighted by Crippen LogP contribution is -2.25. The molecule has 1 atom stereocenters. The average Bonchev–Trinajstić information content (AvgIpc) is 3.28. The van der Waals surface area contributed by atoms with Gasteiger partial charge in [-0.05, 0) is 37.3 Å². The van der Waals surface area contributed by atoms with Gasteiger partial charge in [0.2, 0.25) is 5.89 Å². The first-order valence-corrected chi connectivity index (χ1v) is 11.0. The van der Waals surface area contributed by atoms with Gasteiger partial charge in [-0.15, -0.1) is 10.2 Å². The van der Waals surface area contributed by atoms with Gasteiger partial charge < -0.3 is 20.2 Å². The number of nitrogens with one attached hydrogen (secondary N) is 1. The number of carbonyl (C=O) groups is 1. The number of nitrogens with two attached hydrogens (primary N) is 1. The van der Waals surface area contributed by atoms with Crippen LogP contribution < -0.4 is 15.8 Å². The predicted molar refractivity (Wildman–Crippen MR) is 125 cm³/mol. The number of pyridine rings is 1. The summed E-state index contributed by atoms with van der Waals surface area (Å²) in [6, 6.07) is 5.77. The van der Waals surface area contributed by atoms with Gasteiger partial charge in [-0.3, -0.25) is 4.79 Å². The fourth-order valence-electron chi connectivity index (χ4n) is 3.39. The summed E-state index contributed by atoms with van der Waals surface area (Å²) < 4.78 is 50.7. The number of rotatable bonds is 6. The lowest BCUT2D eigenvalue weighted by atomic mass is 10.1. The van der Waals surface area contributed by atoms with Crippen molar-refractivity contribution < 1.29 is 27.1 Å². The topological polar surface area (TPSA) is 129 Å². The van der Waals surface area contributed by atoms with Gasteiger partial charge in [0, 0.05) is 23.1 Å². The lowest BCUT2D eigenvalue weighted by Gasteiger charge is -2.11. The molecule has 0 spiro atoms. The Morgan fingerprint density at radius 1 is 1.19 bits per heavy atom. The molecule has 0 aliphatic heterocycles. The smallest absolute Gasteiger partial charge is 0.433 e. The highest BCUT2D eigenvalue weighted by Crippen LogP contribution is 2.37. The molecule has 3 aromatic heterocycles. The lowest BCUT2D eigenvalue weighted by molar-refractivity contribution is -0.140. The number of nitrogens with zero attached hydrogens (tertiary/aromatic N) is 4. The summed E-state index contributed by atoms with van der Waals surface area (Å²) in [4.78, 5) is 21.0. The van der Waals surface area contributed by atoms with Gasteiger partial charge in [0.25, 0.3) is 5.91 Å². The zero-order chi connectivity index (χ0) is 26.2. The first-order chi connectivity index (χ1) is 17.0. The molecule has 188 valence electrons. The van der Waals surface area contributed by atoms with Crippen LogP contribution in [0, 0.1) is 0 Å². The summed E-state index contributed by atoms with van der Waals surface area (Å²) in [7, 11) is 1.32. The quantitative estimate of drug-likeness (QED) is 0.351. The Kier molecular flexibility index (Phi) is 7.03. The third-order valence-corrected chi connectivity index (χ3v) is 5.58. The minimum absolute atomic E-state index is 0.0340. The number of aromatic nitrogens is 4. The van der Waals surface area contributed by atoms with Gasteiger partial charge in [-0.25, -0.2) is 9.97 Å². The maximum Gasteiger partial charge on any atom is 0.433 e. The van der Waals surface area contributed by atoms with Crippen molar-refractivity contribution in [3.05, 3.63) is 63.3 Å². The molecule has 1 aromatic carbocycles. The van der Waals surface area contributed by atoms with E-state index in [0.717, 1.165) is 6.07 Å². The van der Waals surface area contributed by atoms with E-state index < -0.39 is 23.8 Å². The molecule has 0 saturated carbocycles. The zero-order valence-corrected chi connectivity index (χ0v) is 20.2. The number of ether oxygens (including phenoxy) is 1. The highest BCUT2D eigenvalue weighted by atomic mass is 35.5. The van der Waals surface area contributed by atoms with Gasteiger partial charge in [0.05, 0.1) is 13.2 Å². The molecule has 0 fully saturated rings. The van der Waals surface area contributed by atoms with E-state index in [-0.39, 0.29) is 50.8 Å². The highest BCUT2D eigenvalue weighted by Gasteiger charge is 2.33. The second-order valence-corrected chi connectivity index (χ2v) is 8.34. The Bertz CT molecular complexity index is 1460. The SMILES string of the molecule is COc1ccc(-c2nc(C(=O)NCc3cc(Cl)nnc3Cl)c([C@H](C)N)o2)c2ccc(C(F)(F)F)nc12. The molecule has 4 aromatic rings. The first kappa shape index (κ1) is 25.6. The fraction of sp³-hybridized carbons (Fsp3) is 0.227. The van der Waals surface area contributed by atoms with Crippen LogP contribution in [-0.2, 0) is 12.7 Å². The van der Waals surface area contributed by atoms with Crippen LogP contribution in [0.2, 0.25) is 10.3 Å². The number of methoxy groups -OCH3 is 1. The summed E-state index contributed by atoms with van der Waals surface area (Å²) in [6.07, 6.45) is -4.65. The van der Waals surface area contributed by atoms with Crippen LogP contribution in [0.25, 0.3) is 22.4 Å². The fourth-order valence-corrected chi connectivity index (χ4v) is 3.72. The second-order valence-electron chi connectivity index (χ2n) is 7.59. The number of fused-ring (bicyclic) bond motifs is 1. The summed E-state index contributed by atoms with van der Waals surface area (Å²) in [6.45, 7) is 1.55. The largest absolute Gasteiger partial charge is 0.494 e. The predicted octanol–water partition coefficient (Wildman–Crippen LogP) is 4.96. The number of halogens is 5. The van der Waals surface area contributed by atoms with E-state index in [0.29, 0.717) is 11.1 Å². The monoisotopic (exact) mass is 540 g/mol. The second kappa shape index (κ2) is 9.88. The van der Waals surface area contributed by atoms with Crippen molar-refractivity contribution in [1.29, 1.82) is 0 Å². The van der Waals surface area contributed by atoms with Crippen molar-refractivity contribution >= 4 is 40.0 Å². The third-order valence-electron chi connectivity index (χ3n) is 5.07. The number of hydrogen-bond acceptors (Lipinski definition) is 8. The Morgan fingerprint density at radius 2 is 1.94 bits per heavy atom. The van der Waals surface area contributed by atoms with Gasteiger partial charge in [-0.2, -0.15) is 13.2 Å². The summed E-state index contributed by atoms with van der Waals surface area (Å²) in [5.74, 6) is -0.466. The van der Waals surface area contributed by atoms with Crippen molar-refractivity contribution in [3.63, 3.8) is 0 Å². The number of hydrogen-bond donors (Lipinski definition) is 2. The van der Waals surface area contributed by atoms with Crippen LogP contribution in [-0.4, -0.2) is 33.2 Å². The van der Waals surface area contributed by atoms with E-state index >= 15 is 0 Å². The molecular formula is C22H17Cl2F3N6O3. The molecule has 3 N–H and O–H groups in total. The number of alkyl halides is 3. The van der Waals surface area contributed by atoms with Crippen LogP contribution in [0.3, 0.4) is 0 Å². The molecule has 36 heavy (non-hydrogen) atoms. The summed E-state index contributed by atoms with van der Waals surface area (Å²) in [5, 5.41) is 10.3. The Balaban J connectivity index is 1.74. The molecule has 9 nitrogen and oxygen atoms in total. The molecule has 0 radical (unpaired) electrons. The van der Waals surface area contributed by atoms with E-state index in [4.69, 9.17) is 38.1 Å². The zero-order valence-electron chi connectivity index (χ0n) is 18.7. The van der Waals surface area contributed by atoms with Crippen molar-refractivity contribution in [1.82, 2.24) is 25.5 Å². The van der Waals surface area contributed by atoms with Crippen LogP contribution >= 0.6 is 23.2 Å². The van der Waals surface area contributed by atoms with E-state index in [1.807, 2.05) is 0 Å². The van der Waals surface area contributed by atoms with Gasteiger partial charge >= 0.3 is 6.18 Å². The standard InChI is InChI=1S/C22H17Cl2F3N6O3/c1-9(28)18-17(20(34)29-8-10-7-15(23)32-33-19(10)24)31-21(36-18)12-3-5-13(35-2)16-11(12)4-6-14(30-16)22(25,26)27/h3-7,9H,8,28H2,1-2H3,(H,29,34)/t9-/m0/s1. The molecule has 0 saturated heterocycles. The summed E-state index contributed by atoms with van der Waals surface area (Å²) >= 11 is 11.8. The van der Waals surface area contributed by atoms with Crippen molar-refractivity contribution in [2.24, 2.45) is 5.73 Å². The van der Waals surface area contributed by atoms with Crippen LogP contribution in [0.15, 0.2) is 34.7 Å². The highest BCUT2D eigenvalue weighted by molar-refractivity contribution is 6.31. The Labute approximate surface area is 211 Å². The molecule has 14 heteroatoms. The van der Waals surface area contributed by atoms with E-state index in [1.54, 1.807) is 13.0 Å². The summed E-state index contributed by atoms with van der Waals surface area (Å²) in [5.41, 5.74) is 5.47. The number of amides is 1. The average molecular weight is 541 g/mol. The first-order valence-electron chi connectivity index (χ1n) is 10.3. The van der Waals surface area contributed by atoms with E-state index in [1.165, 1.54) is 25.3 Å². The normalized spacial score (nSPS) is 12.6. The minimum atomic E-state index is -4.65. The minimum Gasteiger partial charge on any atom is -0.494 e. The molecule has 4 rings (SSSR count). The van der Waals surface area contributed by atoms with Crippen LogP contribution in [0.5, 0.6) is 5.75 Å². The van der Waals surface area contributed by atoms with Gasteiger partial charge in [0.1, 0.15) is 17.0 Å². The van der Waals surface area contributed by atoms with E-state index in [2.05, 4.69) is 25.5 Å². The number of benzene rings is 1. The van der Waals surface area contributed by atoms with Crippen LogP contribution in [0.1, 0.15) is 40.5 Å². The van der Waals surface area contributed by atoms with Gasteiger partial charge in [-0.1, -0.05) is 23.2 Å². The maximum atomic E-state index is 13.2. The number of oxazole rings is 1. The Morgan fingerprint density at radius 3 is 2.61 bits per heavy atom. The molecule has 0 aliphatic rings. The molecule has 1 amide bonds. The van der Waals surface area contributed by atoms with Crippen molar-refractivity contribution in [3.8, 4) is 17.2 Å². The Hall–Kier alpha value is -3.48. The molecule has 0 bridgehead atoms. The van der Waals surface area contributed by atoms with Gasteiger partial charge in [0.15, 0.2) is 21.8 Å². The maximum absolute atomic E-state index is 13.2.